The van der Waals surface area contributed by atoms with E-state index in [-0.39, 0.29) is 41.7 Å². The second kappa shape index (κ2) is 6.83. The van der Waals surface area contributed by atoms with Gasteiger partial charge in [-0.1, -0.05) is 13.0 Å². The highest BCUT2D eigenvalue weighted by Gasteiger charge is 2.38. The number of phenolic OH excluding ortho intramolecular Hbond substituents is 1. The van der Waals surface area contributed by atoms with E-state index in [2.05, 4.69) is 0 Å². The number of esters is 1. The van der Waals surface area contributed by atoms with Crippen molar-refractivity contribution in [1.29, 1.82) is 0 Å². The second-order valence-electron chi connectivity index (χ2n) is 5.24. The molecular formula is C15H19BO6. The van der Waals surface area contributed by atoms with Crippen LogP contribution in [0.3, 0.4) is 0 Å². The molecule has 0 amide bonds. The van der Waals surface area contributed by atoms with Crippen molar-refractivity contribution in [3.05, 3.63) is 23.3 Å². The normalized spacial score (nSPS) is 16.7. The van der Waals surface area contributed by atoms with Gasteiger partial charge >= 0.3 is 13.1 Å². The average Bonchev–Trinajstić information content (AvgIpc) is 2.48. The van der Waals surface area contributed by atoms with Crippen LogP contribution >= 0.6 is 0 Å². The third-order valence-electron chi connectivity index (χ3n) is 3.70. The number of phenols is 1. The Hall–Kier alpha value is -2.02. The first-order chi connectivity index (χ1) is 10.5. The van der Waals surface area contributed by atoms with Gasteiger partial charge in [-0.2, -0.15) is 0 Å². The van der Waals surface area contributed by atoms with E-state index >= 15 is 0 Å². The molecule has 0 unspecified atom stereocenters. The van der Waals surface area contributed by atoms with Crippen LogP contribution in [0.1, 0.15) is 42.6 Å². The number of carbonyl (C=O) groups excluding carboxylic acids is 2. The Morgan fingerprint density at radius 1 is 1.41 bits per heavy atom. The highest BCUT2D eigenvalue weighted by atomic mass is 16.5. The molecule has 22 heavy (non-hydrogen) atoms. The maximum Gasteiger partial charge on any atom is 0.526 e. The van der Waals surface area contributed by atoms with Crippen LogP contribution in [0.5, 0.6) is 11.5 Å². The molecule has 1 aromatic rings. The summed E-state index contributed by atoms with van der Waals surface area (Å²) >= 11 is 0. The zero-order valence-corrected chi connectivity index (χ0v) is 12.7. The van der Waals surface area contributed by atoms with Crippen molar-refractivity contribution in [2.45, 2.75) is 38.9 Å². The van der Waals surface area contributed by atoms with E-state index in [4.69, 9.17) is 9.39 Å². The Balaban J connectivity index is 2.32. The van der Waals surface area contributed by atoms with Gasteiger partial charge in [0, 0.05) is 18.7 Å². The van der Waals surface area contributed by atoms with Gasteiger partial charge < -0.3 is 19.5 Å². The Morgan fingerprint density at radius 3 is 2.77 bits per heavy atom. The van der Waals surface area contributed by atoms with Crippen molar-refractivity contribution in [2.75, 3.05) is 6.61 Å². The average molecular weight is 306 g/mol. The largest absolute Gasteiger partial charge is 0.535 e. The topological polar surface area (TPSA) is 93.1 Å². The van der Waals surface area contributed by atoms with Crippen LogP contribution < -0.4 is 4.65 Å². The number of rotatable bonds is 5. The fourth-order valence-electron chi connectivity index (χ4n) is 2.52. The van der Waals surface area contributed by atoms with Gasteiger partial charge in [0.25, 0.3) is 0 Å². The van der Waals surface area contributed by atoms with E-state index in [0.29, 0.717) is 18.4 Å². The maximum atomic E-state index is 12.0. The van der Waals surface area contributed by atoms with Gasteiger partial charge in [0.15, 0.2) is 0 Å². The standard InChI is InChI=1S/C15H19BO6/c1-3-11(17)8-10-7-9-5-6-12(18)13(15(19)21-4-2)14(9)22-16(10)20/h5-6,10,18,20H,3-4,7-8H2,1-2H3/t10-/m1/s1. The fraction of sp³-hybridized carbons (Fsp3) is 0.467. The summed E-state index contributed by atoms with van der Waals surface area (Å²) in [5, 5.41) is 20.0. The molecule has 0 saturated carbocycles. The van der Waals surface area contributed by atoms with Crippen molar-refractivity contribution >= 4 is 18.9 Å². The number of carbonyl (C=O) groups is 2. The molecule has 1 aliphatic rings. The SMILES string of the molecule is CCOC(=O)c1c(O)ccc2c1OB(O)[C@@H](CC(=O)CC)C2. The summed E-state index contributed by atoms with van der Waals surface area (Å²) in [5.41, 5.74) is 0.582. The van der Waals surface area contributed by atoms with E-state index in [0.717, 1.165) is 0 Å². The summed E-state index contributed by atoms with van der Waals surface area (Å²) in [4.78, 5) is 23.5. The number of aromatic hydroxyl groups is 1. The van der Waals surface area contributed by atoms with Crippen LogP contribution in [-0.2, 0) is 16.0 Å². The van der Waals surface area contributed by atoms with Gasteiger partial charge in [-0.3, -0.25) is 4.79 Å². The molecule has 0 aliphatic carbocycles. The first-order valence-electron chi connectivity index (χ1n) is 7.36. The lowest BCUT2D eigenvalue weighted by Gasteiger charge is -2.28. The molecule has 1 heterocycles. The maximum absolute atomic E-state index is 12.0. The quantitative estimate of drug-likeness (QED) is 0.635. The summed E-state index contributed by atoms with van der Waals surface area (Å²) in [5.74, 6) is -1.15. The van der Waals surface area contributed by atoms with E-state index in [1.807, 2.05) is 0 Å². The third kappa shape index (κ3) is 3.25. The number of ether oxygens (including phenoxy) is 1. The molecule has 118 valence electrons. The van der Waals surface area contributed by atoms with E-state index in [1.54, 1.807) is 19.9 Å². The molecule has 0 fully saturated rings. The van der Waals surface area contributed by atoms with Gasteiger partial charge in [-0.15, -0.1) is 0 Å². The van der Waals surface area contributed by atoms with E-state index in [1.165, 1.54) is 6.07 Å². The molecule has 2 rings (SSSR count). The van der Waals surface area contributed by atoms with Crippen molar-refractivity contribution < 1.29 is 29.1 Å². The fourth-order valence-corrected chi connectivity index (χ4v) is 2.52. The summed E-state index contributed by atoms with van der Waals surface area (Å²) in [7, 11) is -1.20. The van der Waals surface area contributed by atoms with Gasteiger partial charge in [-0.25, -0.2) is 4.79 Å². The molecular weight excluding hydrogens is 287 g/mol. The lowest BCUT2D eigenvalue weighted by molar-refractivity contribution is -0.118. The minimum Gasteiger partial charge on any atom is -0.535 e. The molecule has 1 aliphatic heterocycles. The molecule has 7 heteroatoms. The molecule has 0 radical (unpaired) electrons. The van der Waals surface area contributed by atoms with Crippen molar-refractivity contribution in [3.63, 3.8) is 0 Å². The molecule has 0 saturated heterocycles. The van der Waals surface area contributed by atoms with Gasteiger partial charge in [0.1, 0.15) is 22.8 Å². The monoisotopic (exact) mass is 306 g/mol. The summed E-state index contributed by atoms with van der Waals surface area (Å²) in [6.07, 6.45) is 1.02. The Morgan fingerprint density at radius 2 is 2.14 bits per heavy atom. The van der Waals surface area contributed by atoms with E-state index in [9.17, 15) is 19.7 Å². The van der Waals surface area contributed by atoms with Crippen LogP contribution in [0.25, 0.3) is 0 Å². The Labute approximate surface area is 129 Å². The minimum atomic E-state index is -1.20. The van der Waals surface area contributed by atoms with Crippen LogP contribution in [-0.4, -0.2) is 35.6 Å². The molecule has 1 atom stereocenters. The number of ketones is 1. The van der Waals surface area contributed by atoms with Crippen LogP contribution in [0, 0.1) is 0 Å². The molecule has 1 aromatic carbocycles. The van der Waals surface area contributed by atoms with Crippen LogP contribution in [0.15, 0.2) is 12.1 Å². The summed E-state index contributed by atoms with van der Waals surface area (Å²) < 4.78 is 10.3. The third-order valence-corrected chi connectivity index (χ3v) is 3.70. The summed E-state index contributed by atoms with van der Waals surface area (Å²) in [6, 6.07) is 3.02. The highest BCUT2D eigenvalue weighted by Crippen LogP contribution is 2.40. The Kier molecular flexibility index (Phi) is 5.08. The Bertz CT molecular complexity index is 586. The lowest BCUT2D eigenvalue weighted by Crippen LogP contribution is -2.35. The molecule has 0 aromatic heterocycles. The van der Waals surface area contributed by atoms with Gasteiger partial charge in [0.05, 0.1) is 6.61 Å². The van der Waals surface area contributed by atoms with Crippen LogP contribution in [0.2, 0.25) is 5.82 Å². The number of benzene rings is 1. The predicted molar refractivity (Wildman–Crippen MR) is 80.0 cm³/mol. The predicted octanol–water partition coefficient (Wildman–Crippen LogP) is 1.72. The zero-order chi connectivity index (χ0) is 16.3. The van der Waals surface area contributed by atoms with Crippen LogP contribution in [0.4, 0.5) is 0 Å². The zero-order valence-electron chi connectivity index (χ0n) is 12.7. The second-order valence-corrected chi connectivity index (χ2v) is 5.24. The highest BCUT2D eigenvalue weighted by molar-refractivity contribution is 6.47. The van der Waals surface area contributed by atoms with Crippen molar-refractivity contribution in [2.24, 2.45) is 0 Å². The number of hydrogen-bond acceptors (Lipinski definition) is 6. The first kappa shape index (κ1) is 16.4. The lowest BCUT2D eigenvalue weighted by atomic mass is 9.64. The molecule has 2 N–H and O–H groups in total. The van der Waals surface area contributed by atoms with Crippen molar-refractivity contribution in [3.8, 4) is 11.5 Å². The molecule has 0 bridgehead atoms. The smallest absolute Gasteiger partial charge is 0.526 e. The molecule has 0 spiro atoms. The number of hydrogen-bond donors (Lipinski definition) is 2. The van der Waals surface area contributed by atoms with Crippen molar-refractivity contribution in [1.82, 2.24) is 0 Å². The van der Waals surface area contributed by atoms with E-state index < -0.39 is 13.1 Å². The first-order valence-corrected chi connectivity index (χ1v) is 7.36. The van der Waals surface area contributed by atoms with Gasteiger partial charge in [-0.05, 0) is 25.0 Å². The number of fused-ring (bicyclic) bond motifs is 1. The molecule has 6 nitrogen and oxygen atoms in total. The minimum absolute atomic E-state index is 0.0421. The summed E-state index contributed by atoms with van der Waals surface area (Å²) in [6.45, 7) is 3.59. The van der Waals surface area contributed by atoms with Gasteiger partial charge in [0.2, 0.25) is 0 Å². The number of Topliss-reactive ketones (excluding diaryl/α,β-unsaturated/α-hetero) is 1.